The number of carbonyl (C=O) groups is 1. The Morgan fingerprint density at radius 1 is 1.22 bits per heavy atom. The van der Waals surface area contributed by atoms with E-state index < -0.39 is 0 Å². The van der Waals surface area contributed by atoms with Crippen molar-refractivity contribution in [1.29, 1.82) is 0 Å². The SMILES string of the molecule is CC(C)CCNc1ccnc(C(=O)Nc2ccc(Cl)cc2Cl)c1. The Bertz CT molecular complexity index is 689. The maximum Gasteiger partial charge on any atom is 0.274 e. The van der Waals surface area contributed by atoms with Crippen LogP contribution in [0.5, 0.6) is 0 Å². The molecule has 0 radical (unpaired) electrons. The largest absolute Gasteiger partial charge is 0.385 e. The van der Waals surface area contributed by atoms with Gasteiger partial charge in [0.05, 0.1) is 10.7 Å². The number of carbonyl (C=O) groups excluding carboxylic acids is 1. The molecule has 2 aromatic rings. The van der Waals surface area contributed by atoms with Gasteiger partial charge in [0, 0.05) is 23.5 Å². The number of halogens is 2. The van der Waals surface area contributed by atoms with Gasteiger partial charge in [-0.2, -0.15) is 0 Å². The van der Waals surface area contributed by atoms with E-state index >= 15 is 0 Å². The molecule has 1 aromatic carbocycles. The molecule has 0 atom stereocenters. The number of nitrogens with one attached hydrogen (secondary N) is 2. The average Bonchev–Trinajstić information content (AvgIpc) is 2.50. The lowest BCUT2D eigenvalue weighted by atomic mass is 10.1. The molecule has 0 bridgehead atoms. The van der Waals surface area contributed by atoms with Crippen molar-refractivity contribution in [2.75, 3.05) is 17.2 Å². The summed E-state index contributed by atoms with van der Waals surface area (Å²) < 4.78 is 0. The van der Waals surface area contributed by atoms with Crippen molar-refractivity contribution in [2.24, 2.45) is 5.92 Å². The van der Waals surface area contributed by atoms with Crippen LogP contribution in [0.4, 0.5) is 11.4 Å². The van der Waals surface area contributed by atoms with Gasteiger partial charge in [-0.3, -0.25) is 9.78 Å². The highest BCUT2D eigenvalue weighted by molar-refractivity contribution is 6.36. The summed E-state index contributed by atoms with van der Waals surface area (Å²) in [6.07, 6.45) is 2.67. The molecule has 23 heavy (non-hydrogen) atoms. The maximum atomic E-state index is 12.3. The normalized spacial score (nSPS) is 10.7. The first-order chi connectivity index (χ1) is 11.0. The van der Waals surface area contributed by atoms with E-state index in [9.17, 15) is 4.79 Å². The zero-order chi connectivity index (χ0) is 16.8. The molecule has 0 aliphatic carbocycles. The van der Waals surface area contributed by atoms with E-state index in [1.807, 2.05) is 6.07 Å². The van der Waals surface area contributed by atoms with Crippen LogP contribution in [-0.4, -0.2) is 17.4 Å². The molecule has 0 saturated heterocycles. The Morgan fingerprint density at radius 2 is 2.00 bits per heavy atom. The van der Waals surface area contributed by atoms with E-state index in [0.717, 1.165) is 18.7 Å². The van der Waals surface area contributed by atoms with Gasteiger partial charge in [0.2, 0.25) is 0 Å². The van der Waals surface area contributed by atoms with Crippen LogP contribution >= 0.6 is 23.2 Å². The minimum atomic E-state index is -0.318. The molecule has 1 heterocycles. The molecule has 122 valence electrons. The van der Waals surface area contributed by atoms with E-state index in [0.29, 0.717) is 27.3 Å². The topological polar surface area (TPSA) is 54.0 Å². The van der Waals surface area contributed by atoms with Gasteiger partial charge in [0.1, 0.15) is 5.69 Å². The van der Waals surface area contributed by atoms with Crippen molar-refractivity contribution in [3.63, 3.8) is 0 Å². The van der Waals surface area contributed by atoms with Gasteiger partial charge in [-0.25, -0.2) is 0 Å². The van der Waals surface area contributed by atoms with Crippen molar-refractivity contribution >= 4 is 40.5 Å². The van der Waals surface area contributed by atoms with Gasteiger partial charge in [0.15, 0.2) is 0 Å². The quantitative estimate of drug-likeness (QED) is 0.761. The van der Waals surface area contributed by atoms with Crippen molar-refractivity contribution in [1.82, 2.24) is 4.98 Å². The van der Waals surface area contributed by atoms with Crippen LogP contribution in [0.2, 0.25) is 10.0 Å². The van der Waals surface area contributed by atoms with Crippen molar-refractivity contribution in [3.05, 3.63) is 52.3 Å². The number of aromatic nitrogens is 1. The molecule has 0 unspecified atom stereocenters. The Morgan fingerprint density at radius 3 is 2.70 bits per heavy atom. The Hall–Kier alpha value is -1.78. The predicted octanol–water partition coefficient (Wildman–Crippen LogP) is 5.10. The molecule has 0 spiro atoms. The molecule has 0 fully saturated rings. The number of anilines is 2. The fourth-order valence-electron chi connectivity index (χ4n) is 1.95. The first kappa shape index (κ1) is 17.6. The lowest BCUT2D eigenvalue weighted by Gasteiger charge is -2.10. The summed E-state index contributed by atoms with van der Waals surface area (Å²) in [7, 11) is 0. The lowest BCUT2D eigenvalue weighted by Crippen LogP contribution is -2.14. The number of amides is 1. The summed E-state index contributed by atoms with van der Waals surface area (Å²) in [4.78, 5) is 16.4. The number of benzene rings is 1. The van der Waals surface area contributed by atoms with Crippen LogP contribution in [0.3, 0.4) is 0 Å². The van der Waals surface area contributed by atoms with Gasteiger partial charge in [-0.15, -0.1) is 0 Å². The molecular weight excluding hydrogens is 333 g/mol. The van der Waals surface area contributed by atoms with E-state index in [2.05, 4.69) is 29.5 Å². The molecule has 1 aromatic heterocycles. The van der Waals surface area contributed by atoms with E-state index in [1.54, 1.807) is 30.5 Å². The third-order valence-electron chi connectivity index (χ3n) is 3.22. The minimum absolute atomic E-state index is 0.318. The third kappa shape index (κ3) is 5.41. The Labute approximate surface area is 146 Å². The molecule has 2 N–H and O–H groups in total. The highest BCUT2D eigenvalue weighted by Gasteiger charge is 2.11. The lowest BCUT2D eigenvalue weighted by molar-refractivity contribution is 0.102. The highest BCUT2D eigenvalue weighted by atomic mass is 35.5. The van der Waals surface area contributed by atoms with Crippen molar-refractivity contribution < 1.29 is 4.79 Å². The van der Waals surface area contributed by atoms with Gasteiger partial charge >= 0.3 is 0 Å². The van der Waals surface area contributed by atoms with E-state index in [1.165, 1.54) is 0 Å². The fraction of sp³-hybridized carbons (Fsp3) is 0.294. The van der Waals surface area contributed by atoms with Crippen LogP contribution in [0.15, 0.2) is 36.5 Å². The van der Waals surface area contributed by atoms with Gasteiger partial charge < -0.3 is 10.6 Å². The van der Waals surface area contributed by atoms with Crippen molar-refractivity contribution in [3.8, 4) is 0 Å². The zero-order valence-electron chi connectivity index (χ0n) is 13.1. The Balaban J connectivity index is 2.04. The van der Waals surface area contributed by atoms with Crippen LogP contribution in [-0.2, 0) is 0 Å². The van der Waals surface area contributed by atoms with Crippen LogP contribution in [0.25, 0.3) is 0 Å². The monoisotopic (exact) mass is 351 g/mol. The number of rotatable bonds is 6. The van der Waals surface area contributed by atoms with Crippen molar-refractivity contribution in [2.45, 2.75) is 20.3 Å². The number of hydrogen-bond donors (Lipinski definition) is 2. The van der Waals surface area contributed by atoms with Crippen LogP contribution < -0.4 is 10.6 Å². The Kier molecular flexibility index (Phi) is 6.25. The number of nitrogens with zero attached hydrogens (tertiary/aromatic N) is 1. The fourth-order valence-corrected chi connectivity index (χ4v) is 2.40. The predicted molar refractivity (Wildman–Crippen MR) is 96.6 cm³/mol. The maximum absolute atomic E-state index is 12.3. The summed E-state index contributed by atoms with van der Waals surface area (Å²) in [5, 5.41) is 6.93. The van der Waals surface area contributed by atoms with Gasteiger partial charge in [-0.05, 0) is 42.7 Å². The van der Waals surface area contributed by atoms with Crippen LogP contribution in [0, 0.1) is 5.92 Å². The standard InChI is InChI=1S/C17H19Cl2N3O/c1-11(2)5-7-20-13-6-8-21-16(10-13)17(23)22-15-4-3-12(18)9-14(15)19/h3-4,6,8-11H,5,7H2,1-2H3,(H,20,21)(H,22,23). The summed E-state index contributed by atoms with van der Waals surface area (Å²) in [5.41, 5.74) is 1.69. The van der Waals surface area contributed by atoms with E-state index in [-0.39, 0.29) is 5.91 Å². The van der Waals surface area contributed by atoms with E-state index in [4.69, 9.17) is 23.2 Å². The molecule has 4 nitrogen and oxygen atoms in total. The molecular formula is C17H19Cl2N3O. The average molecular weight is 352 g/mol. The first-order valence-electron chi connectivity index (χ1n) is 7.42. The third-order valence-corrected chi connectivity index (χ3v) is 3.77. The zero-order valence-corrected chi connectivity index (χ0v) is 14.6. The molecule has 0 saturated carbocycles. The molecule has 0 aliphatic rings. The summed E-state index contributed by atoms with van der Waals surface area (Å²) in [5.74, 6) is 0.306. The highest BCUT2D eigenvalue weighted by Crippen LogP contribution is 2.25. The second-order valence-corrected chi connectivity index (χ2v) is 6.46. The second kappa shape index (κ2) is 8.18. The minimum Gasteiger partial charge on any atom is -0.385 e. The molecule has 6 heteroatoms. The number of pyridine rings is 1. The molecule has 0 aliphatic heterocycles. The first-order valence-corrected chi connectivity index (χ1v) is 8.17. The van der Waals surface area contributed by atoms with Gasteiger partial charge in [-0.1, -0.05) is 37.0 Å². The smallest absolute Gasteiger partial charge is 0.274 e. The molecule has 1 amide bonds. The second-order valence-electron chi connectivity index (χ2n) is 5.62. The summed E-state index contributed by atoms with van der Waals surface area (Å²) in [6.45, 7) is 5.19. The molecule has 2 rings (SSSR count). The summed E-state index contributed by atoms with van der Waals surface area (Å²) >= 11 is 11.9. The van der Waals surface area contributed by atoms with Crippen LogP contribution in [0.1, 0.15) is 30.8 Å². The number of hydrogen-bond acceptors (Lipinski definition) is 3. The summed E-state index contributed by atoms with van der Waals surface area (Å²) in [6, 6.07) is 8.47. The van der Waals surface area contributed by atoms with Gasteiger partial charge in [0.25, 0.3) is 5.91 Å².